The highest BCUT2D eigenvalue weighted by Gasteiger charge is 2.35. The van der Waals surface area contributed by atoms with Gasteiger partial charge in [-0.2, -0.15) is 0 Å². The number of hydrogen-bond acceptors (Lipinski definition) is 5. The Labute approximate surface area is 137 Å². The lowest BCUT2D eigenvalue weighted by molar-refractivity contribution is -0.136. The molecule has 1 N–H and O–H groups in total. The van der Waals surface area contributed by atoms with E-state index in [1.54, 1.807) is 0 Å². The lowest BCUT2D eigenvalue weighted by atomic mass is 9.97. The first kappa shape index (κ1) is 16.2. The van der Waals surface area contributed by atoms with E-state index < -0.39 is 5.60 Å². The van der Waals surface area contributed by atoms with Gasteiger partial charge in [0.05, 0.1) is 12.0 Å². The van der Waals surface area contributed by atoms with Crippen molar-refractivity contribution in [2.75, 3.05) is 31.1 Å². The molecule has 2 fully saturated rings. The molecular formula is C17H26N4O2. The normalized spacial score (nSPS) is 20.8. The maximum absolute atomic E-state index is 12.4. The van der Waals surface area contributed by atoms with Crippen molar-refractivity contribution >= 4 is 11.7 Å². The van der Waals surface area contributed by atoms with Gasteiger partial charge in [0.25, 0.3) is 0 Å². The first-order valence-electron chi connectivity index (χ1n) is 8.53. The molecule has 1 aromatic heterocycles. The fourth-order valence-electron chi connectivity index (χ4n) is 3.65. The smallest absolute Gasteiger partial charge is 0.225 e. The first-order valence-corrected chi connectivity index (χ1v) is 8.53. The Morgan fingerprint density at radius 3 is 2.43 bits per heavy atom. The molecule has 2 aliphatic rings. The topological polar surface area (TPSA) is 69.6 Å². The fraction of sp³-hybridized carbons (Fsp3) is 0.706. The summed E-state index contributed by atoms with van der Waals surface area (Å²) in [6.07, 6.45) is 3.86. The van der Waals surface area contributed by atoms with Gasteiger partial charge in [0.15, 0.2) is 0 Å². The molecule has 0 atom stereocenters. The van der Waals surface area contributed by atoms with Crippen LogP contribution in [0.1, 0.15) is 43.6 Å². The molecule has 0 aromatic carbocycles. The van der Waals surface area contributed by atoms with Crippen molar-refractivity contribution in [3.63, 3.8) is 0 Å². The summed E-state index contributed by atoms with van der Waals surface area (Å²) in [5.74, 6) is 1.81. The zero-order chi connectivity index (χ0) is 16.4. The van der Waals surface area contributed by atoms with Gasteiger partial charge in [-0.05, 0) is 26.7 Å². The number of amides is 1. The third kappa shape index (κ3) is 3.80. The van der Waals surface area contributed by atoms with E-state index >= 15 is 0 Å². The lowest BCUT2D eigenvalue weighted by Gasteiger charge is -2.36. The Morgan fingerprint density at radius 1 is 1.17 bits per heavy atom. The van der Waals surface area contributed by atoms with Crippen LogP contribution < -0.4 is 4.90 Å². The Balaban J connectivity index is 1.56. The van der Waals surface area contributed by atoms with Gasteiger partial charge in [-0.1, -0.05) is 12.8 Å². The molecule has 1 aliphatic carbocycles. The highest BCUT2D eigenvalue weighted by atomic mass is 16.3. The number of carbonyl (C=O) groups is 1. The second-order valence-corrected chi connectivity index (χ2v) is 6.89. The van der Waals surface area contributed by atoms with Crippen molar-refractivity contribution in [3.05, 3.63) is 17.6 Å². The summed E-state index contributed by atoms with van der Waals surface area (Å²) in [7, 11) is 0. The molecule has 6 nitrogen and oxygen atoms in total. The molecule has 126 valence electrons. The number of piperazine rings is 1. The van der Waals surface area contributed by atoms with E-state index in [0.29, 0.717) is 13.1 Å². The van der Waals surface area contributed by atoms with Crippen molar-refractivity contribution in [2.24, 2.45) is 0 Å². The number of anilines is 1. The van der Waals surface area contributed by atoms with E-state index in [2.05, 4.69) is 14.9 Å². The molecule has 0 radical (unpaired) electrons. The molecule has 0 unspecified atom stereocenters. The molecule has 0 spiro atoms. The number of rotatable bonds is 3. The maximum Gasteiger partial charge on any atom is 0.225 e. The molecule has 1 aromatic rings. The van der Waals surface area contributed by atoms with Crippen LogP contribution in [0.5, 0.6) is 0 Å². The molecule has 1 amide bonds. The maximum atomic E-state index is 12.4. The SMILES string of the molecule is Cc1cc(N2CCN(C(=O)CC3(O)CCCC3)CC2)nc(C)n1. The Morgan fingerprint density at radius 2 is 1.83 bits per heavy atom. The van der Waals surface area contributed by atoms with Gasteiger partial charge in [-0.3, -0.25) is 4.79 Å². The molecule has 1 aliphatic heterocycles. The summed E-state index contributed by atoms with van der Waals surface area (Å²) < 4.78 is 0. The highest BCUT2D eigenvalue weighted by Crippen LogP contribution is 2.33. The number of aliphatic hydroxyl groups is 1. The van der Waals surface area contributed by atoms with Crippen LogP contribution in [0.25, 0.3) is 0 Å². The number of hydrogen-bond donors (Lipinski definition) is 1. The van der Waals surface area contributed by atoms with Crippen LogP contribution in [-0.4, -0.2) is 57.7 Å². The van der Waals surface area contributed by atoms with E-state index in [1.807, 2.05) is 24.8 Å². The molecule has 2 heterocycles. The zero-order valence-electron chi connectivity index (χ0n) is 14.1. The summed E-state index contributed by atoms with van der Waals surface area (Å²) in [6, 6.07) is 1.99. The predicted molar refractivity (Wildman–Crippen MR) is 88.3 cm³/mol. The van der Waals surface area contributed by atoms with Gasteiger partial charge in [0, 0.05) is 37.9 Å². The van der Waals surface area contributed by atoms with Crippen LogP contribution in [0, 0.1) is 13.8 Å². The molecule has 1 saturated heterocycles. The van der Waals surface area contributed by atoms with Crippen LogP contribution in [0.3, 0.4) is 0 Å². The van der Waals surface area contributed by atoms with E-state index in [4.69, 9.17) is 0 Å². The van der Waals surface area contributed by atoms with Gasteiger partial charge < -0.3 is 14.9 Å². The van der Waals surface area contributed by atoms with Crippen molar-refractivity contribution < 1.29 is 9.90 Å². The van der Waals surface area contributed by atoms with E-state index in [1.165, 1.54) is 0 Å². The summed E-state index contributed by atoms with van der Waals surface area (Å²) in [5.41, 5.74) is 0.212. The third-order valence-electron chi connectivity index (χ3n) is 4.92. The predicted octanol–water partition coefficient (Wildman–Crippen LogP) is 1.44. The van der Waals surface area contributed by atoms with Gasteiger partial charge >= 0.3 is 0 Å². The zero-order valence-corrected chi connectivity index (χ0v) is 14.1. The fourth-order valence-corrected chi connectivity index (χ4v) is 3.65. The molecule has 0 bridgehead atoms. The first-order chi connectivity index (χ1) is 11.0. The van der Waals surface area contributed by atoms with Crippen LogP contribution in [-0.2, 0) is 4.79 Å². The molecule has 23 heavy (non-hydrogen) atoms. The Hall–Kier alpha value is -1.69. The van der Waals surface area contributed by atoms with Crippen molar-refractivity contribution in [1.82, 2.24) is 14.9 Å². The van der Waals surface area contributed by atoms with Crippen LogP contribution in [0.4, 0.5) is 5.82 Å². The van der Waals surface area contributed by atoms with E-state index in [9.17, 15) is 9.90 Å². The Bertz CT molecular complexity index is 556. The average Bonchev–Trinajstić information content (AvgIpc) is 2.92. The minimum absolute atomic E-state index is 0.0871. The minimum atomic E-state index is -0.755. The third-order valence-corrected chi connectivity index (χ3v) is 4.92. The standard InChI is InChI=1S/C17H26N4O2/c1-13-11-15(19-14(2)18-13)20-7-9-21(10-8-20)16(22)12-17(23)5-3-4-6-17/h11,23H,3-10,12H2,1-2H3. The molecular weight excluding hydrogens is 292 g/mol. The van der Waals surface area contributed by atoms with Crippen LogP contribution in [0.2, 0.25) is 0 Å². The number of nitrogens with zero attached hydrogens (tertiary/aromatic N) is 4. The summed E-state index contributed by atoms with van der Waals surface area (Å²) >= 11 is 0. The second-order valence-electron chi connectivity index (χ2n) is 6.89. The summed E-state index contributed by atoms with van der Waals surface area (Å²) in [5, 5.41) is 10.4. The van der Waals surface area contributed by atoms with Gasteiger partial charge in [-0.15, -0.1) is 0 Å². The minimum Gasteiger partial charge on any atom is -0.389 e. The quantitative estimate of drug-likeness (QED) is 0.913. The number of aryl methyl sites for hydroxylation is 2. The average molecular weight is 318 g/mol. The summed E-state index contributed by atoms with van der Waals surface area (Å²) in [6.45, 7) is 6.81. The monoisotopic (exact) mass is 318 g/mol. The molecule has 6 heteroatoms. The van der Waals surface area contributed by atoms with Crippen molar-refractivity contribution in [2.45, 2.75) is 51.6 Å². The number of carbonyl (C=O) groups excluding carboxylic acids is 1. The van der Waals surface area contributed by atoms with Gasteiger partial charge in [0.2, 0.25) is 5.91 Å². The van der Waals surface area contributed by atoms with E-state index in [-0.39, 0.29) is 12.3 Å². The highest BCUT2D eigenvalue weighted by molar-refractivity contribution is 5.77. The summed E-state index contributed by atoms with van der Waals surface area (Å²) in [4.78, 5) is 25.3. The van der Waals surface area contributed by atoms with Crippen molar-refractivity contribution in [3.8, 4) is 0 Å². The van der Waals surface area contributed by atoms with Crippen LogP contribution >= 0.6 is 0 Å². The molecule has 1 saturated carbocycles. The van der Waals surface area contributed by atoms with Gasteiger partial charge in [0.1, 0.15) is 11.6 Å². The molecule has 3 rings (SSSR count). The van der Waals surface area contributed by atoms with Gasteiger partial charge in [-0.25, -0.2) is 9.97 Å². The lowest BCUT2D eigenvalue weighted by Crippen LogP contribution is -2.50. The Kier molecular flexibility index (Phi) is 4.53. The number of aromatic nitrogens is 2. The van der Waals surface area contributed by atoms with Crippen molar-refractivity contribution in [1.29, 1.82) is 0 Å². The second kappa shape index (κ2) is 6.43. The largest absolute Gasteiger partial charge is 0.389 e. The van der Waals surface area contributed by atoms with Crippen LogP contribution in [0.15, 0.2) is 6.07 Å². The van der Waals surface area contributed by atoms with E-state index in [0.717, 1.165) is 56.1 Å².